The van der Waals surface area contributed by atoms with E-state index in [1.807, 2.05) is 43.4 Å². The zero-order valence-corrected chi connectivity index (χ0v) is 6.33. The highest BCUT2D eigenvalue weighted by atomic mass is 14.6. The van der Waals surface area contributed by atoms with E-state index in [9.17, 15) is 0 Å². The second-order valence-corrected chi connectivity index (χ2v) is 1.75. The van der Waals surface area contributed by atoms with Crippen molar-refractivity contribution in [2.75, 3.05) is 6.54 Å². The highest BCUT2D eigenvalue weighted by Crippen LogP contribution is 1.79. The summed E-state index contributed by atoms with van der Waals surface area (Å²) in [4.78, 5) is 3.66. The Morgan fingerprint density at radius 3 is 2.50 bits per heavy atom. The molecule has 0 saturated carbocycles. The predicted octanol–water partition coefficient (Wildman–Crippen LogP) is 2.38. The van der Waals surface area contributed by atoms with Crippen molar-refractivity contribution < 1.29 is 0 Å². The van der Waals surface area contributed by atoms with Gasteiger partial charge < -0.3 is 0 Å². The van der Waals surface area contributed by atoms with E-state index in [1.54, 1.807) is 0 Å². The van der Waals surface area contributed by atoms with Crippen molar-refractivity contribution in [3.8, 4) is 0 Å². The van der Waals surface area contributed by atoms with E-state index in [0.717, 1.165) is 0 Å². The minimum atomic E-state index is 0.695. The molecular formula is C9H13N. The average Bonchev–Trinajstić information content (AvgIpc) is 1.97. The van der Waals surface area contributed by atoms with Crippen LogP contribution in [0.5, 0.6) is 0 Å². The van der Waals surface area contributed by atoms with Crippen molar-refractivity contribution in [2.24, 2.45) is 4.99 Å². The van der Waals surface area contributed by atoms with Crippen LogP contribution in [-0.2, 0) is 0 Å². The molecule has 0 aromatic carbocycles. The van der Waals surface area contributed by atoms with E-state index in [1.165, 1.54) is 0 Å². The molecule has 0 spiro atoms. The van der Waals surface area contributed by atoms with Gasteiger partial charge in [0.05, 0.1) is 6.54 Å². The van der Waals surface area contributed by atoms with Crippen molar-refractivity contribution in [1.29, 1.82) is 0 Å². The molecule has 1 nitrogen and oxygen atoms in total. The van der Waals surface area contributed by atoms with Crippen molar-refractivity contribution in [1.82, 2.24) is 0 Å². The summed E-state index contributed by atoms with van der Waals surface area (Å²) in [6.07, 6.45) is 11.8. The van der Waals surface area contributed by atoms with Crippen LogP contribution in [0.15, 0.2) is 41.4 Å². The molecule has 0 aliphatic rings. The smallest absolute Gasteiger partial charge is 0.0566 e. The summed E-state index contributed by atoms with van der Waals surface area (Å²) >= 11 is 0. The van der Waals surface area contributed by atoms with Crippen LogP contribution in [-0.4, -0.2) is 13.3 Å². The van der Waals surface area contributed by atoms with Gasteiger partial charge in [0, 0.05) is 0 Å². The quantitative estimate of drug-likeness (QED) is 0.414. The average molecular weight is 135 g/mol. The summed E-state index contributed by atoms with van der Waals surface area (Å²) in [7, 11) is 0. The summed E-state index contributed by atoms with van der Waals surface area (Å²) in [5, 5.41) is 0. The fourth-order valence-electron chi connectivity index (χ4n) is 0.453. The molecule has 0 aliphatic carbocycles. The third kappa shape index (κ3) is 6.89. The van der Waals surface area contributed by atoms with Gasteiger partial charge in [0.2, 0.25) is 0 Å². The zero-order valence-electron chi connectivity index (χ0n) is 6.33. The maximum Gasteiger partial charge on any atom is 0.0566 e. The molecule has 0 rings (SSSR count). The van der Waals surface area contributed by atoms with Gasteiger partial charge in [-0.05, 0) is 13.6 Å². The van der Waals surface area contributed by atoms with Gasteiger partial charge in [0.25, 0.3) is 0 Å². The van der Waals surface area contributed by atoms with E-state index >= 15 is 0 Å². The lowest BCUT2D eigenvalue weighted by Gasteiger charge is -1.75. The van der Waals surface area contributed by atoms with Crippen LogP contribution in [0.3, 0.4) is 0 Å². The molecule has 10 heavy (non-hydrogen) atoms. The van der Waals surface area contributed by atoms with Crippen LogP contribution >= 0.6 is 0 Å². The third-order valence-electron chi connectivity index (χ3n) is 0.896. The molecule has 0 aliphatic heterocycles. The molecule has 0 bridgehead atoms. The Morgan fingerprint density at radius 1 is 1.20 bits per heavy atom. The van der Waals surface area contributed by atoms with Crippen LogP contribution < -0.4 is 0 Å². The first-order chi connectivity index (χ1) is 4.91. The Morgan fingerprint density at radius 2 is 1.90 bits per heavy atom. The topological polar surface area (TPSA) is 12.4 Å². The fraction of sp³-hybridized carbons (Fsp3) is 0.222. The number of hydrogen-bond acceptors (Lipinski definition) is 1. The molecule has 1 heteroatoms. The fourth-order valence-corrected chi connectivity index (χ4v) is 0.453. The molecule has 0 heterocycles. The molecule has 0 unspecified atom stereocenters. The normalized spacial score (nSPS) is 12.1. The van der Waals surface area contributed by atoms with Crippen molar-refractivity contribution in [3.05, 3.63) is 36.5 Å². The summed E-state index contributed by atoms with van der Waals surface area (Å²) in [5.41, 5.74) is 0. The summed E-state index contributed by atoms with van der Waals surface area (Å²) in [5.74, 6) is 0. The number of hydrogen-bond donors (Lipinski definition) is 0. The number of allylic oxidation sites excluding steroid dienone is 5. The van der Waals surface area contributed by atoms with E-state index in [4.69, 9.17) is 0 Å². The Hall–Kier alpha value is -1.11. The van der Waals surface area contributed by atoms with E-state index in [2.05, 4.69) is 11.7 Å². The van der Waals surface area contributed by atoms with E-state index in [-0.39, 0.29) is 0 Å². The van der Waals surface area contributed by atoms with Gasteiger partial charge in [-0.2, -0.15) is 0 Å². The summed E-state index contributed by atoms with van der Waals surface area (Å²) < 4.78 is 0. The van der Waals surface area contributed by atoms with Gasteiger partial charge in [-0.25, -0.2) is 0 Å². The SMILES string of the molecule is C=NC/C=C/C=C\C=C/C. The van der Waals surface area contributed by atoms with Crippen LogP contribution in [0, 0.1) is 0 Å². The van der Waals surface area contributed by atoms with Crippen molar-refractivity contribution in [3.63, 3.8) is 0 Å². The maximum absolute atomic E-state index is 3.66. The van der Waals surface area contributed by atoms with E-state index < -0.39 is 0 Å². The summed E-state index contributed by atoms with van der Waals surface area (Å²) in [6, 6.07) is 0. The van der Waals surface area contributed by atoms with Crippen LogP contribution in [0.2, 0.25) is 0 Å². The van der Waals surface area contributed by atoms with Gasteiger partial charge in [-0.1, -0.05) is 36.5 Å². The lowest BCUT2D eigenvalue weighted by Crippen LogP contribution is -1.64. The molecular weight excluding hydrogens is 122 g/mol. The standard InChI is InChI=1S/C9H13N/c1-3-4-5-6-7-8-9-10-2/h3-8H,2,9H2,1H3/b4-3-,6-5-,8-7+. The van der Waals surface area contributed by atoms with Gasteiger partial charge in [0.1, 0.15) is 0 Å². The Balaban J connectivity index is 3.41. The molecule has 0 radical (unpaired) electrons. The molecule has 0 aromatic heterocycles. The number of rotatable bonds is 4. The van der Waals surface area contributed by atoms with Crippen molar-refractivity contribution >= 4 is 6.72 Å². The predicted molar refractivity (Wildman–Crippen MR) is 47.5 cm³/mol. The van der Waals surface area contributed by atoms with Gasteiger partial charge in [0.15, 0.2) is 0 Å². The molecule has 0 saturated heterocycles. The number of nitrogens with zero attached hydrogens (tertiary/aromatic N) is 1. The summed E-state index contributed by atoms with van der Waals surface area (Å²) in [6.45, 7) is 6.04. The first-order valence-electron chi connectivity index (χ1n) is 3.28. The first-order valence-corrected chi connectivity index (χ1v) is 3.28. The monoisotopic (exact) mass is 135 g/mol. The Kier molecular flexibility index (Phi) is 7.01. The third-order valence-corrected chi connectivity index (χ3v) is 0.896. The van der Waals surface area contributed by atoms with E-state index in [0.29, 0.717) is 6.54 Å². The number of aliphatic imine (C=N–C) groups is 1. The van der Waals surface area contributed by atoms with Gasteiger partial charge >= 0.3 is 0 Å². The second kappa shape index (κ2) is 7.89. The second-order valence-electron chi connectivity index (χ2n) is 1.75. The highest BCUT2D eigenvalue weighted by Gasteiger charge is 1.63. The maximum atomic E-state index is 3.66. The van der Waals surface area contributed by atoms with Crippen LogP contribution in [0.4, 0.5) is 0 Å². The highest BCUT2D eigenvalue weighted by molar-refractivity contribution is 5.24. The lowest BCUT2D eigenvalue weighted by molar-refractivity contribution is 1.27. The molecule has 0 amide bonds. The lowest BCUT2D eigenvalue weighted by atomic mass is 10.4. The minimum Gasteiger partial charge on any atom is -0.297 e. The minimum absolute atomic E-state index is 0.695. The van der Waals surface area contributed by atoms with Gasteiger partial charge in [-0.3, -0.25) is 4.99 Å². The Labute approximate surface area is 62.5 Å². The van der Waals surface area contributed by atoms with Gasteiger partial charge in [-0.15, -0.1) is 0 Å². The zero-order chi connectivity index (χ0) is 7.66. The van der Waals surface area contributed by atoms with Crippen molar-refractivity contribution in [2.45, 2.75) is 6.92 Å². The largest absolute Gasteiger partial charge is 0.297 e. The first kappa shape index (κ1) is 8.89. The van der Waals surface area contributed by atoms with Crippen LogP contribution in [0.25, 0.3) is 0 Å². The Bertz CT molecular complexity index is 152. The van der Waals surface area contributed by atoms with Crippen LogP contribution in [0.1, 0.15) is 6.92 Å². The molecule has 0 aromatic rings. The molecule has 0 fully saturated rings. The molecule has 54 valence electrons. The molecule has 0 atom stereocenters. The molecule has 0 N–H and O–H groups in total.